The fourth-order valence-corrected chi connectivity index (χ4v) is 2.87. The third-order valence-electron chi connectivity index (χ3n) is 2.70. The average molecular weight is 287 g/mol. The highest BCUT2D eigenvalue weighted by molar-refractivity contribution is 7.89. The minimum absolute atomic E-state index is 0.0811. The molecule has 1 aromatic carbocycles. The molecule has 1 atom stereocenters. The predicted octanol–water partition coefficient (Wildman–Crippen LogP) is 0.680. The van der Waals surface area contributed by atoms with Crippen LogP contribution in [0.4, 0.5) is 0 Å². The molecular weight excluding hydrogens is 270 g/mol. The molecule has 0 aliphatic rings. The lowest BCUT2D eigenvalue weighted by molar-refractivity contribution is 0.0696. The van der Waals surface area contributed by atoms with Crippen molar-refractivity contribution in [1.29, 1.82) is 0 Å². The Morgan fingerprint density at radius 1 is 1.37 bits per heavy atom. The van der Waals surface area contributed by atoms with Gasteiger partial charge in [0, 0.05) is 6.04 Å². The summed E-state index contributed by atoms with van der Waals surface area (Å²) < 4.78 is 26.5. The van der Waals surface area contributed by atoms with Gasteiger partial charge in [0.15, 0.2) is 0 Å². The SMILES string of the molecule is CC(C)C(CO)NS(=O)(=O)c1cccc(C(=O)O)c1. The molecule has 0 saturated heterocycles. The number of nitrogens with one attached hydrogen (secondary N) is 1. The number of benzene rings is 1. The van der Waals surface area contributed by atoms with Crippen LogP contribution >= 0.6 is 0 Å². The van der Waals surface area contributed by atoms with Crippen molar-refractivity contribution in [2.24, 2.45) is 5.92 Å². The molecular formula is C12H17NO5S. The van der Waals surface area contributed by atoms with Crippen molar-refractivity contribution >= 4 is 16.0 Å². The van der Waals surface area contributed by atoms with E-state index in [1.807, 2.05) is 0 Å². The normalized spacial score (nSPS) is 13.5. The monoisotopic (exact) mass is 287 g/mol. The molecule has 0 aromatic heterocycles. The van der Waals surface area contributed by atoms with Crippen LogP contribution in [0.15, 0.2) is 29.2 Å². The van der Waals surface area contributed by atoms with Crippen molar-refractivity contribution in [3.05, 3.63) is 29.8 Å². The van der Waals surface area contributed by atoms with Gasteiger partial charge in [0.05, 0.1) is 17.1 Å². The summed E-state index contributed by atoms with van der Waals surface area (Å²) in [6.07, 6.45) is 0. The van der Waals surface area contributed by atoms with Gasteiger partial charge in [-0.3, -0.25) is 0 Å². The molecule has 0 aliphatic heterocycles. The Hall–Kier alpha value is -1.44. The highest BCUT2D eigenvalue weighted by atomic mass is 32.2. The zero-order chi connectivity index (χ0) is 14.6. The summed E-state index contributed by atoms with van der Waals surface area (Å²) in [6, 6.07) is 4.45. The van der Waals surface area contributed by atoms with E-state index in [1.165, 1.54) is 18.2 Å². The van der Waals surface area contributed by atoms with Crippen LogP contribution in [-0.4, -0.2) is 37.2 Å². The zero-order valence-electron chi connectivity index (χ0n) is 10.7. The lowest BCUT2D eigenvalue weighted by Crippen LogP contribution is -2.41. The molecule has 1 rings (SSSR count). The summed E-state index contributed by atoms with van der Waals surface area (Å²) in [5.74, 6) is -1.28. The standard InChI is InChI=1S/C12H17NO5S/c1-8(2)11(7-14)13-19(17,18)10-5-3-4-9(6-10)12(15)16/h3-6,8,11,13-14H,7H2,1-2H3,(H,15,16). The quantitative estimate of drug-likeness (QED) is 0.714. The summed E-state index contributed by atoms with van der Waals surface area (Å²) in [5, 5.41) is 18.0. The molecule has 0 heterocycles. The van der Waals surface area contributed by atoms with E-state index in [4.69, 9.17) is 10.2 Å². The Bertz CT molecular complexity index is 553. The molecule has 0 bridgehead atoms. The number of carboxylic acid groups (broad SMARTS) is 1. The van der Waals surface area contributed by atoms with Gasteiger partial charge in [0.1, 0.15) is 0 Å². The van der Waals surface area contributed by atoms with E-state index in [2.05, 4.69) is 4.72 Å². The molecule has 1 unspecified atom stereocenters. The maximum absolute atomic E-state index is 12.1. The summed E-state index contributed by atoms with van der Waals surface area (Å²) in [5.41, 5.74) is -0.104. The van der Waals surface area contributed by atoms with Gasteiger partial charge in [0.2, 0.25) is 10.0 Å². The van der Waals surface area contributed by atoms with Crippen LogP contribution in [0.25, 0.3) is 0 Å². The summed E-state index contributed by atoms with van der Waals surface area (Å²) in [6.45, 7) is 3.23. The lowest BCUT2D eigenvalue weighted by atomic mass is 10.1. The lowest BCUT2D eigenvalue weighted by Gasteiger charge is -2.19. The summed E-state index contributed by atoms with van der Waals surface area (Å²) in [4.78, 5) is 10.7. The van der Waals surface area contributed by atoms with Crippen LogP contribution in [0.5, 0.6) is 0 Å². The molecule has 6 nitrogen and oxygen atoms in total. The molecule has 1 aromatic rings. The number of sulfonamides is 1. The molecule has 106 valence electrons. The smallest absolute Gasteiger partial charge is 0.335 e. The van der Waals surface area contributed by atoms with Gasteiger partial charge in [-0.15, -0.1) is 0 Å². The van der Waals surface area contributed by atoms with Crippen LogP contribution in [-0.2, 0) is 10.0 Å². The highest BCUT2D eigenvalue weighted by Gasteiger charge is 2.22. The van der Waals surface area contributed by atoms with E-state index < -0.39 is 22.0 Å². The number of hydrogen-bond acceptors (Lipinski definition) is 4. The van der Waals surface area contributed by atoms with Gasteiger partial charge in [-0.2, -0.15) is 0 Å². The Morgan fingerprint density at radius 2 is 2.00 bits per heavy atom. The number of aromatic carboxylic acids is 1. The Morgan fingerprint density at radius 3 is 2.47 bits per heavy atom. The Labute approximate surface area is 112 Å². The summed E-state index contributed by atoms with van der Waals surface area (Å²) >= 11 is 0. The number of aliphatic hydroxyl groups excluding tert-OH is 1. The van der Waals surface area contributed by atoms with Crippen LogP contribution in [0.2, 0.25) is 0 Å². The first-order valence-corrected chi connectivity index (χ1v) is 7.23. The minimum atomic E-state index is -3.85. The van der Waals surface area contributed by atoms with Crippen LogP contribution < -0.4 is 4.72 Å². The third-order valence-corrected chi connectivity index (χ3v) is 4.19. The third kappa shape index (κ3) is 4.02. The second kappa shape index (κ2) is 6.14. The van der Waals surface area contributed by atoms with E-state index in [9.17, 15) is 13.2 Å². The van der Waals surface area contributed by atoms with Crippen molar-refractivity contribution in [3.63, 3.8) is 0 Å². The van der Waals surface area contributed by atoms with Crippen LogP contribution in [0.3, 0.4) is 0 Å². The number of carboxylic acids is 1. The first-order valence-electron chi connectivity index (χ1n) is 5.74. The first kappa shape index (κ1) is 15.6. The molecule has 0 aliphatic carbocycles. The van der Waals surface area contributed by atoms with E-state index in [-0.39, 0.29) is 23.0 Å². The van der Waals surface area contributed by atoms with Crippen molar-refractivity contribution in [1.82, 2.24) is 4.72 Å². The molecule has 3 N–H and O–H groups in total. The fourth-order valence-electron chi connectivity index (χ4n) is 1.45. The second-order valence-corrected chi connectivity index (χ2v) is 6.20. The number of carbonyl (C=O) groups is 1. The van der Waals surface area contributed by atoms with Crippen molar-refractivity contribution in [2.75, 3.05) is 6.61 Å². The van der Waals surface area contributed by atoms with E-state index in [0.717, 1.165) is 6.07 Å². The van der Waals surface area contributed by atoms with Gasteiger partial charge >= 0.3 is 5.97 Å². The van der Waals surface area contributed by atoms with Gasteiger partial charge in [0.25, 0.3) is 0 Å². The Kier molecular flexibility index (Phi) is 5.04. The van der Waals surface area contributed by atoms with Crippen molar-refractivity contribution in [2.45, 2.75) is 24.8 Å². The van der Waals surface area contributed by atoms with Crippen LogP contribution in [0, 0.1) is 5.92 Å². The predicted molar refractivity (Wildman–Crippen MR) is 69.4 cm³/mol. The summed E-state index contributed by atoms with van der Waals surface area (Å²) in [7, 11) is -3.85. The Balaban J connectivity index is 3.06. The molecule has 0 amide bonds. The maximum atomic E-state index is 12.1. The molecule has 0 fully saturated rings. The topological polar surface area (TPSA) is 104 Å². The van der Waals surface area contributed by atoms with Crippen molar-refractivity contribution < 1.29 is 23.4 Å². The molecule has 19 heavy (non-hydrogen) atoms. The molecule has 0 spiro atoms. The fraction of sp³-hybridized carbons (Fsp3) is 0.417. The zero-order valence-corrected chi connectivity index (χ0v) is 11.5. The largest absolute Gasteiger partial charge is 0.478 e. The molecule has 0 saturated carbocycles. The van der Waals surface area contributed by atoms with E-state index in [0.29, 0.717) is 0 Å². The molecule has 0 radical (unpaired) electrons. The molecule has 7 heteroatoms. The van der Waals surface area contributed by atoms with E-state index in [1.54, 1.807) is 13.8 Å². The first-order chi connectivity index (χ1) is 8.77. The van der Waals surface area contributed by atoms with Gasteiger partial charge in [-0.25, -0.2) is 17.9 Å². The second-order valence-electron chi connectivity index (χ2n) is 4.49. The maximum Gasteiger partial charge on any atom is 0.335 e. The van der Waals surface area contributed by atoms with Gasteiger partial charge < -0.3 is 10.2 Å². The van der Waals surface area contributed by atoms with Gasteiger partial charge in [-0.05, 0) is 24.1 Å². The number of rotatable bonds is 6. The van der Waals surface area contributed by atoms with Gasteiger partial charge in [-0.1, -0.05) is 19.9 Å². The average Bonchev–Trinajstić information content (AvgIpc) is 2.35. The highest BCUT2D eigenvalue weighted by Crippen LogP contribution is 2.13. The van der Waals surface area contributed by atoms with Crippen molar-refractivity contribution in [3.8, 4) is 0 Å². The number of aliphatic hydroxyl groups is 1. The minimum Gasteiger partial charge on any atom is -0.478 e. The van der Waals surface area contributed by atoms with E-state index >= 15 is 0 Å². The number of hydrogen-bond donors (Lipinski definition) is 3. The van der Waals surface area contributed by atoms with Crippen LogP contribution in [0.1, 0.15) is 24.2 Å².